The molecule has 0 amide bonds. The van der Waals surface area contributed by atoms with Gasteiger partial charge in [-0.15, -0.1) is 0 Å². The van der Waals surface area contributed by atoms with Gasteiger partial charge in [0, 0.05) is 0 Å². The number of carbonyl (C=O) groups excluding carboxylic acids is 1. The monoisotopic (exact) mass is 441 g/mol. The van der Waals surface area contributed by atoms with E-state index < -0.39 is 0 Å². The normalized spacial score (nSPS) is 34.0. The van der Waals surface area contributed by atoms with E-state index in [0.29, 0.717) is 11.8 Å². The van der Waals surface area contributed by atoms with Crippen molar-refractivity contribution in [3.8, 4) is 0 Å². The molecule has 0 N–H and O–H groups in total. The van der Waals surface area contributed by atoms with Crippen molar-refractivity contribution >= 4 is 5.97 Å². The number of hydrogen-bond acceptors (Lipinski definition) is 4. The Balaban J connectivity index is 1.48. The number of nitrogens with zero attached hydrogens (tertiary/aromatic N) is 1. The number of likely N-dealkylation sites (tertiary alicyclic amines) is 1. The van der Waals surface area contributed by atoms with E-state index in [0.717, 1.165) is 50.8 Å². The molecule has 32 heavy (non-hydrogen) atoms. The first-order valence-corrected chi connectivity index (χ1v) is 12.9. The minimum absolute atomic E-state index is 0.0192. The summed E-state index contributed by atoms with van der Waals surface area (Å²) in [5.41, 5.74) is 2.49. The Morgan fingerprint density at radius 1 is 1.19 bits per heavy atom. The first-order chi connectivity index (χ1) is 15.4. The molecule has 2 aliphatic carbocycles. The standard InChI is InChI=1S/C28H43NO3/c1-21-10-13-25-27(2,15-9-16-28(25,3)26(30)31-4)23(21)12-11-22-14-19-32-24(22)20-29-17-7-5-6-8-18-29/h14,19,23,25H,1,5-13,15-18,20H2,2-4H3/t23-,25+,27+,28-/m1/s1. The lowest BCUT2D eigenvalue weighted by atomic mass is 9.46. The van der Waals surface area contributed by atoms with Gasteiger partial charge in [-0.1, -0.05) is 38.3 Å². The molecule has 0 bridgehead atoms. The van der Waals surface area contributed by atoms with Crippen LogP contribution in [0.5, 0.6) is 0 Å². The van der Waals surface area contributed by atoms with E-state index in [1.54, 1.807) is 7.11 Å². The minimum Gasteiger partial charge on any atom is -0.469 e. The third-order valence-electron chi connectivity index (χ3n) is 9.28. The highest BCUT2D eigenvalue weighted by atomic mass is 16.5. The van der Waals surface area contributed by atoms with Gasteiger partial charge in [-0.05, 0) is 100 Å². The summed E-state index contributed by atoms with van der Waals surface area (Å²) in [6.45, 7) is 12.4. The highest BCUT2D eigenvalue weighted by Gasteiger charge is 2.57. The van der Waals surface area contributed by atoms with Gasteiger partial charge < -0.3 is 9.15 Å². The number of aryl methyl sites for hydroxylation is 1. The Bertz CT molecular complexity index is 805. The number of fused-ring (bicyclic) bond motifs is 1. The SMILES string of the molecule is C=C1CC[C@H]2[C@@](C)(CCC[C@@]2(C)C(=O)OC)[C@@H]1CCc1ccoc1CN1CCCCCC1. The molecule has 0 spiro atoms. The van der Waals surface area contributed by atoms with Crippen molar-refractivity contribution in [3.05, 3.63) is 35.8 Å². The topological polar surface area (TPSA) is 42.7 Å². The first-order valence-electron chi connectivity index (χ1n) is 12.9. The van der Waals surface area contributed by atoms with Crippen molar-refractivity contribution in [3.63, 3.8) is 0 Å². The largest absolute Gasteiger partial charge is 0.469 e. The van der Waals surface area contributed by atoms with Gasteiger partial charge >= 0.3 is 5.97 Å². The molecule has 4 rings (SSSR count). The summed E-state index contributed by atoms with van der Waals surface area (Å²) >= 11 is 0. The van der Waals surface area contributed by atoms with Crippen molar-refractivity contribution in [2.75, 3.05) is 20.2 Å². The van der Waals surface area contributed by atoms with Gasteiger partial charge in [0.2, 0.25) is 0 Å². The number of ether oxygens (including phenoxy) is 1. The molecule has 178 valence electrons. The van der Waals surface area contributed by atoms with E-state index in [4.69, 9.17) is 9.15 Å². The molecule has 0 aromatic carbocycles. The summed E-state index contributed by atoms with van der Waals surface area (Å²) in [6.07, 6.45) is 14.6. The third kappa shape index (κ3) is 4.44. The van der Waals surface area contributed by atoms with Crippen molar-refractivity contribution in [2.45, 2.75) is 91.0 Å². The third-order valence-corrected chi connectivity index (χ3v) is 9.28. The van der Waals surface area contributed by atoms with Crippen LogP contribution < -0.4 is 0 Å². The molecule has 0 unspecified atom stereocenters. The van der Waals surface area contributed by atoms with E-state index >= 15 is 0 Å². The average molecular weight is 442 g/mol. The van der Waals surface area contributed by atoms with Gasteiger partial charge in [-0.3, -0.25) is 9.69 Å². The summed E-state index contributed by atoms with van der Waals surface area (Å²) in [4.78, 5) is 15.4. The minimum atomic E-state index is -0.367. The lowest BCUT2D eigenvalue weighted by Gasteiger charge is -2.57. The Morgan fingerprint density at radius 2 is 1.94 bits per heavy atom. The highest BCUT2D eigenvalue weighted by Crippen LogP contribution is 2.62. The fraction of sp³-hybridized carbons (Fsp3) is 0.750. The fourth-order valence-corrected chi connectivity index (χ4v) is 7.49. The van der Waals surface area contributed by atoms with E-state index in [-0.39, 0.29) is 16.8 Å². The Morgan fingerprint density at radius 3 is 2.66 bits per heavy atom. The van der Waals surface area contributed by atoms with E-state index in [1.165, 1.54) is 56.3 Å². The molecule has 3 fully saturated rings. The molecule has 2 saturated carbocycles. The zero-order valence-electron chi connectivity index (χ0n) is 20.6. The maximum atomic E-state index is 12.8. The molecule has 1 aromatic heterocycles. The van der Waals surface area contributed by atoms with Crippen molar-refractivity contribution < 1.29 is 13.9 Å². The lowest BCUT2D eigenvalue weighted by Crippen LogP contribution is -2.53. The molecule has 0 radical (unpaired) electrons. The van der Waals surface area contributed by atoms with Crippen LogP contribution in [0, 0.1) is 22.7 Å². The van der Waals surface area contributed by atoms with Crippen molar-refractivity contribution in [1.82, 2.24) is 4.90 Å². The zero-order valence-corrected chi connectivity index (χ0v) is 20.6. The first kappa shape index (κ1) is 23.6. The van der Waals surface area contributed by atoms with Gasteiger partial charge in [0.1, 0.15) is 5.76 Å². The van der Waals surface area contributed by atoms with Gasteiger partial charge in [-0.2, -0.15) is 0 Å². The average Bonchev–Trinajstić information content (AvgIpc) is 3.04. The molecule has 4 atom stereocenters. The Kier molecular flexibility index (Phi) is 7.19. The number of esters is 1. The molecular weight excluding hydrogens is 398 g/mol. The van der Waals surface area contributed by atoms with Crippen molar-refractivity contribution in [1.29, 1.82) is 0 Å². The van der Waals surface area contributed by atoms with Gasteiger partial charge in [-0.25, -0.2) is 0 Å². The lowest BCUT2D eigenvalue weighted by molar-refractivity contribution is -0.168. The second kappa shape index (κ2) is 9.75. The number of rotatable bonds is 6. The number of allylic oxidation sites excluding steroid dienone is 1. The van der Waals surface area contributed by atoms with Crippen LogP contribution in [0.3, 0.4) is 0 Å². The Hall–Kier alpha value is -1.55. The summed E-state index contributed by atoms with van der Waals surface area (Å²) in [7, 11) is 1.55. The quantitative estimate of drug-likeness (QED) is 0.371. The summed E-state index contributed by atoms with van der Waals surface area (Å²) in [5, 5.41) is 0. The molecular formula is C28H43NO3. The summed E-state index contributed by atoms with van der Waals surface area (Å²) in [5.74, 6) is 1.95. The predicted molar refractivity (Wildman–Crippen MR) is 128 cm³/mol. The predicted octanol–water partition coefficient (Wildman–Crippen LogP) is 6.54. The second-order valence-electron chi connectivity index (χ2n) is 11.2. The second-order valence-corrected chi connectivity index (χ2v) is 11.2. The van der Waals surface area contributed by atoms with Crippen LogP contribution in [0.4, 0.5) is 0 Å². The van der Waals surface area contributed by atoms with Gasteiger partial charge in [0.15, 0.2) is 0 Å². The zero-order chi connectivity index (χ0) is 22.8. The number of carbonyl (C=O) groups is 1. The molecule has 1 aromatic rings. The molecule has 3 aliphatic rings. The van der Waals surface area contributed by atoms with Crippen LogP contribution in [0.1, 0.15) is 89.4 Å². The van der Waals surface area contributed by atoms with Crippen LogP contribution >= 0.6 is 0 Å². The number of hydrogen-bond donors (Lipinski definition) is 0. The van der Waals surface area contributed by atoms with Gasteiger partial charge in [0.25, 0.3) is 0 Å². The summed E-state index contributed by atoms with van der Waals surface area (Å²) < 4.78 is 11.2. The molecule has 2 heterocycles. The number of furan rings is 1. The van der Waals surface area contributed by atoms with Crippen LogP contribution in [0.2, 0.25) is 0 Å². The van der Waals surface area contributed by atoms with E-state index in [9.17, 15) is 4.79 Å². The summed E-state index contributed by atoms with van der Waals surface area (Å²) in [6, 6.07) is 2.18. The van der Waals surface area contributed by atoms with Gasteiger partial charge in [0.05, 0.1) is 25.3 Å². The molecule has 1 saturated heterocycles. The van der Waals surface area contributed by atoms with Crippen LogP contribution in [0.15, 0.2) is 28.9 Å². The maximum absolute atomic E-state index is 12.8. The maximum Gasteiger partial charge on any atom is 0.311 e. The molecule has 4 heteroatoms. The van der Waals surface area contributed by atoms with E-state index in [2.05, 4.69) is 31.4 Å². The smallest absolute Gasteiger partial charge is 0.311 e. The Labute approximate surface area is 194 Å². The number of methoxy groups -OCH3 is 1. The van der Waals surface area contributed by atoms with Crippen molar-refractivity contribution in [2.24, 2.45) is 22.7 Å². The molecule has 1 aliphatic heterocycles. The van der Waals surface area contributed by atoms with Crippen LogP contribution in [-0.2, 0) is 22.5 Å². The van der Waals surface area contributed by atoms with Crippen LogP contribution in [0.25, 0.3) is 0 Å². The van der Waals surface area contributed by atoms with Crippen LogP contribution in [-0.4, -0.2) is 31.1 Å². The van der Waals surface area contributed by atoms with E-state index in [1.807, 2.05) is 6.26 Å². The highest BCUT2D eigenvalue weighted by molar-refractivity contribution is 5.77. The fourth-order valence-electron chi connectivity index (χ4n) is 7.49. The molecule has 4 nitrogen and oxygen atoms in total.